The van der Waals surface area contributed by atoms with Crippen molar-refractivity contribution in [1.82, 2.24) is 0 Å². The lowest BCUT2D eigenvalue weighted by atomic mass is 10.2. The van der Waals surface area contributed by atoms with Crippen LogP contribution in [0.2, 0.25) is 0 Å². The van der Waals surface area contributed by atoms with Gasteiger partial charge in [0.2, 0.25) is 5.91 Å². The van der Waals surface area contributed by atoms with Crippen molar-refractivity contribution in [3.63, 3.8) is 0 Å². The molecule has 0 saturated carbocycles. The summed E-state index contributed by atoms with van der Waals surface area (Å²) in [5, 5.41) is 20.1. The van der Waals surface area contributed by atoms with Crippen molar-refractivity contribution in [2.24, 2.45) is 5.73 Å². The molecule has 1 aromatic rings. The highest BCUT2D eigenvalue weighted by Gasteiger charge is 2.11. The highest BCUT2D eigenvalue weighted by Crippen LogP contribution is 2.14. The number of nitriles is 1. The average Bonchev–Trinajstić information content (AvgIpc) is 2.43. The zero-order chi connectivity index (χ0) is 15.0. The molecule has 0 bridgehead atoms. The number of carbonyl (C=O) groups excluding carboxylic acids is 1. The molecule has 0 aliphatic rings. The Kier molecular flexibility index (Phi) is 6.56. The molecule has 0 aromatic heterocycles. The van der Waals surface area contributed by atoms with Crippen LogP contribution in [-0.4, -0.2) is 34.5 Å². The maximum absolute atomic E-state index is 11.7. The molecular weight excluding hydrogens is 278 g/mol. The Hall–Kier alpha value is -2.04. The van der Waals surface area contributed by atoms with E-state index in [4.69, 9.17) is 16.1 Å². The summed E-state index contributed by atoms with van der Waals surface area (Å²) in [7, 11) is 0. The monoisotopic (exact) mass is 293 g/mol. The summed E-state index contributed by atoms with van der Waals surface area (Å²) in [6.07, 6.45) is 0.308. The number of nitrogens with one attached hydrogen (secondary N) is 1. The number of carbonyl (C=O) groups is 2. The first kappa shape index (κ1) is 16.0. The summed E-state index contributed by atoms with van der Waals surface area (Å²) in [4.78, 5) is 22.2. The second kappa shape index (κ2) is 8.19. The van der Waals surface area contributed by atoms with Gasteiger partial charge in [0.15, 0.2) is 0 Å². The molecule has 0 aliphatic carbocycles. The minimum absolute atomic E-state index is 0.187. The maximum atomic E-state index is 11.7. The van der Waals surface area contributed by atoms with E-state index in [1.165, 1.54) is 11.8 Å². The molecule has 1 unspecified atom stereocenters. The molecule has 1 atom stereocenters. The van der Waals surface area contributed by atoms with Crippen LogP contribution in [0.4, 0.5) is 5.69 Å². The smallest absolute Gasteiger partial charge is 0.320 e. The number of carboxylic acids is 1. The SMILES string of the molecule is N#Cc1ccccc1NC(=O)CSCCC(N)C(=O)O. The molecule has 6 nitrogen and oxygen atoms in total. The van der Waals surface area contributed by atoms with Crippen LogP contribution >= 0.6 is 11.8 Å². The van der Waals surface area contributed by atoms with Crippen LogP contribution in [-0.2, 0) is 9.59 Å². The third kappa shape index (κ3) is 5.30. The van der Waals surface area contributed by atoms with Gasteiger partial charge in [0.25, 0.3) is 0 Å². The van der Waals surface area contributed by atoms with E-state index in [0.29, 0.717) is 23.4 Å². The molecule has 0 saturated heterocycles. The van der Waals surface area contributed by atoms with E-state index in [2.05, 4.69) is 5.32 Å². The Bertz CT molecular complexity index is 528. The Morgan fingerprint density at radius 3 is 2.80 bits per heavy atom. The molecular formula is C13H15N3O3S. The van der Waals surface area contributed by atoms with E-state index in [9.17, 15) is 9.59 Å². The van der Waals surface area contributed by atoms with Crippen molar-refractivity contribution in [3.8, 4) is 6.07 Å². The number of nitrogens with two attached hydrogens (primary N) is 1. The van der Waals surface area contributed by atoms with Crippen LogP contribution in [0.3, 0.4) is 0 Å². The lowest BCUT2D eigenvalue weighted by Crippen LogP contribution is -2.30. The van der Waals surface area contributed by atoms with Crippen LogP contribution in [0.15, 0.2) is 24.3 Å². The molecule has 0 spiro atoms. The van der Waals surface area contributed by atoms with E-state index in [1.54, 1.807) is 24.3 Å². The van der Waals surface area contributed by atoms with Gasteiger partial charge in [-0.15, -0.1) is 0 Å². The van der Waals surface area contributed by atoms with E-state index in [1.807, 2.05) is 6.07 Å². The average molecular weight is 293 g/mol. The molecule has 1 aromatic carbocycles. The third-order valence-electron chi connectivity index (χ3n) is 2.45. The fraction of sp³-hybridized carbons (Fsp3) is 0.308. The predicted molar refractivity (Wildman–Crippen MR) is 77.3 cm³/mol. The standard InChI is InChI=1S/C13H15N3O3S/c14-7-9-3-1-2-4-11(9)16-12(17)8-20-6-5-10(15)13(18)19/h1-4,10H,5-6,8,15H2,(H,16,17)(H,18,19). The lowest BCUT2D eigenvalue weighted by Gasteiger charge is -2.07. The van der Waals surface area contributed by atoms with Crippen LogP contribution in [0, 0.1) is 11.3 Å². The number of nitrogens with zero attached hydrogens (tertiary/aromatic N) is 1. The maximum Gasteiger partial charge on any atom is 0.320 e. The highest BCUT2D eigenvalue weighted by atomic mass is 32.2. The number of hydrogen-bond donors (Lipinski definition) is 3. The fourth-order valence-electron chi connectivity index (χ4n) is 1.37. The van der Waals surface area contributed by atoms with Gasteiger partial charge in [0.1, 0.15) is 12.1 Å². The van der Waals surface area contributed by atoms with E-state index < -0.39 is 12.0 Å². The predicted octanol–water partition coefficient (Wildman–Crippen LogP) is 1.03. The summed E-state index contributed by atoms with van der Waals surface area (Å²) >= 11 is 1.30. The Balaban J connectivity index is 2.34. The normalized spacial score (nSPS) is 11.4. The van der Waals surface area contributed by atoms with Gasteiger partial charge in [0, 0.05) is 0 Å². The molecule has 7 heteroatoms. The lowest BCUT2D eigenvalue weighted by molar-refractivity contribution is -0.138. The second-order valence-electron chi connectivity index (χ2n) is 3.99. The van der Waals surface area contributed by atoms with Gasteiger partial charge in [-0.3, -0.25) is 9.59 Å². The Morgan fingerprint density at radius 1 is 1.45 bits per heavy atom. The van der Waals surface area contributed by atoms with Crippen molar-refractivity contribution in [2.75, 3.05) is 16.8 Å². The number of anilines is 1. The fourth-order valence-corrected chi connectivity index (χ4v) is 2.20. The van der Waals surface area contributed by atoms with Gasteiger partial charge >= 0.3 is 5.97 Å². The second-order valence-corrected chi connectivity index (χ2v) is 5.10. The van der Waals surface area contributed by atoms with Gasteiger partial charge in [-0.1, -0.05) is 12.1 Å². The van der Waals surface area contributed by atoms with Crippen molar-refractivity contribution in [3.05, 3.63) is 29.8 Å². The first-order valence-electron chi connectivity index (χ1n) is 5.89. The molecule has 0 aliphatic heterocycles. The third-order valence-corrected chi connectivity index (χ3v) is 3.44. The number of amides is 1. The first-order chi connectivity index (χ1) is 9.54. The summed E-state index contributed by atoms with van der Waals surface area (Å²) in [6, 6.07) is 7.82. The zero-order valence-electron chi connectivity index (χ0n) is 10.7. The highest BCUT2D eigenvalue weighted by molar-refractivity contribution is 7.99. The summed E-state index contributed by atoms with van der Waals surface area (Å²) in [5.41, 5.74) is 6.22. The Morgan fingerprint density at radius 2 is 2.15 bits per heavy atom. The van der Waals surface area contributed by atoms with Crippen LogP contribution in [0.25, 0.3) is 0 Å². The molecule has 0 heterocycles. The van der Waals surface area contributed by atoms with Crippen molar-refractivity contribution >= 4 is 29.3 Å². The number of para-hydroxylation sites is 1. The van der Waals surface area contributed by atoms with Crippen LogP contribution < -0.4 is 11.1 Å². The largest absolute Gasteiger partial charge is 0.480 e. The molecule has 0 radical (unpaired) electrons. The van der Waals surface area contributed by atoms with Crippen LogP contribution in [0.5, 0.6) is 0 Å². The van der Waals surface area contributed by atoms with Crippen LogP contribution in [0.1, 0.15) is 12.0 Å². The number of aliphatic carboxylic acids is 1. The quantitative estimate of drug-likeness (QED) is 0.647. The van der Waals surface area contributed by atoms with Crippen molar-refractivity contribution < 1.29 is 14.7 Å². The van der Waals surface area contributed by atoms with E-state index in [0.717, 1.165) is 0 Å². The van der Waals surface area contributed by atoms with E-state index in [-0.39, 0.29) is 11.7 Å². The number of benzene rings is 1. The summed E-state index contributed by atoms with van der Waals surface area (Å²) in [5.74, 6) is -0.605. The summed E-state index contributed by atoms with van der Waals surface area (Å²) in [6.45, 7) is 0. The molecule has 20 heavy (non-hydrogen) atoms. The van der Waals surface area contributed by atoms with Crippen molar-refractivity contribution in [2.45, 2.75) is 12.5 Å². The van der Waals surface area contributed by atoms with Gasteiger partial charge < -0.3 is 16.2 Å². The molecule has 1 amide bonds. The van der Waals surface area contributed by atoms with E-state index >= 15 is 0 Å². The number of carboxylic acid groups (broad SMARTS) is 1. The number of rotatable bonds is 7. The topological polar surface area (TPSA) is 116 Å². The minimum atomic E-state index is -1.04. The number of thioether (sulfide) groups is 1. The zero-order valence-corrected chi connectivity index (χ0v) is 11.5. The molecule has 4 N–H and O–H groups in total. The van der Waals surface area contributed by atoms with Gasteiger partial charge in [-0.05, 0) is 24.3 Å². The van der Waals surface area contributed by atoms with Gasteiger partial charge in [0.05, 0.1) is 17.0 Å². The number of hydrogen-bond acceptors (Lipinski definition) is 5. The molecule has 1 rings (SSSR count). The van der Waals surface area contributed by atoms with Crippen molar-refractivity contribution in [1.29, 1.82) is 5.26 Å². The minimum Gasteiger partial charge on any atom is -0.480 e. The van der Waals surface area contributed by atoms with Gasteiger partial charge in [-0.2, -0.15) is 17.0 Å². The molecule has 106 valence electrons. The molecule has 0 fully saturated rings. The first-order valence-corrected chi connectivity index (χ1v) is 7.05. The Labute approximate surface area is 121 Å². The summed E-state index contributed by atoms with van der Waals surface area (Å²) < 4.78 is 0. The van der Waals surface area contributed by atoms with Gasteiger partial charge in [-0.25, -0.2) is 0 Å².